The number of hydrogen-bond donors (Lipinski definition) is 0. The lowest BCUT2D eigenvalue weighted by Crippen LogP contribution is -2.47. The van der Waals surface area contributed by atoms with Crippen molar-refractivity contribution in [3.05, 3.63) is 22.8 Å². The molecule has 6 nitrogen and oxygen atoms in total. The van der Waals surface area contributed by atoms with Crippen LogP contribution in [-0.2, 0) is 6.42 Å². The zero-order valence-electron chi connectivity index (χ0n) is 12.7. The van der Waals surface area contributed by atoms with Gasteiger partial charge in [-0.15, -0.1) is 11.3 Å². The monoisotopic (exact) mass is 307 g/mol. The topological polar surface area (TPSA) is 58.3 Å². The van der Waals surface area contributed by atoms with Crippen molar-refractivity contribution in [1.82, 2.24) is 20.0 Å². The van der Waals surface area contributed by atoms with Gasteiger partial charge < -0.3 is 9.42 Å². The largest absolute Gasteiger partial charge is 0.346 e. The molecule has 0 saturated carbocycles. The Morgan fingerprint density at radius 1 is 1.29 bits per heavy atom. The maximum atomic E-state index is 5.36. The van der Waals surface area contributed by atoms with Crippen molar-refractivity contribution in [1.29, 1.82) is 0 Å². The summed E-state index contributed by atoms with van der Waals surface area (Å²) in [6, 6.07) is 0.179. The fourth-order valence-electron chi connectivity index (χ4n) is 2.52. The Kier molecular flexibility index (Phi) is 4.21. The van der Waals surface area contributed by atoms with E-state index in [1.807, 2.05) is 13.8 Å². The summed E-state index contributed by atoms with van der Waals surface area (Å²) in [6.45, 7) is 10.2. The molecule has 2 aromatic rings. The highest BCUT2D eigenvalue weighted by molar-refractivity contribution is 7.13. The lowest BCUT2D eigenvalue weighted by Gasteiger charge is -2.36. The first-order valence-electron chi connectivity index (χ1n) is 7.41. The lowest BCUT2D eigenvalue weighted by molar-refractivity contribution is 0.164. The fraction of sp³-hybridized carbons (Fsp3) is 0.643. The molecule has 1 atom stereocenters. The number of aryl methyl sites for hydroxylation is 2. The summed E-state index contributed by atoms with van der Waals surface area (Å²) < 4.78 is 5.36. The second kappa shape index (κ2) is 6.11. The number of thiazole rings is 1. The maximum absolute atomic E-state index is 5.36. The van der Waals surface area contributed by atoms with Gasteiger partial charge in [0.15, 0.2) is 11.0 Å². The predicted octanol–water partition coefficient (Wildman–Crippen LogP) is 2.28. The first-order chi connectivity index (χ1) is 10.2. The van der Waals surface area contributed by atoms with Crippen molar-refractivity contribution in [2.24, 2.45) is 0 Å². The molecule has 0 bridgehead atoms. The molecule has 1 aliphatic rings. The SMILES string of the molecule is CCc1noc(C(C)N2CCN(c3nc(C)cs3)CC2)n1. The van der Waals surface area contributed by atoms with Crippen LogP contribution in [0.2, 0.25) is 0 Å². The molecule has 1 fully saturated rings. The Hall–Kier alpha value is -1.47. The standard InChI is InChI=1S/C14H21N5OS/c1-4-12-16-13(20-17-12)11(3)18-5-7-19(8-6-18)14-15-10(2)9-21-14/h9,11H,4-8H2,1-3H3. The van der Waals surface area contributed by atoms with Crippen molar-refractivity contribution >= 4 is 16.5 Å². The summed E-state index contributed by atoms with van der Waals surface area (Å²) in [5.74, 6) is 1.51. The number of aromatic nitrogens is 3. The van der Waals surface area contributed by atoms with E-state index in [-0.39, 0.29) is 6.04 Å². The first kappa shape index (κ1) is 14.5. The molecule has 2 aromatic heterocycles. The molecular formula is C14H21N5OS. The number of anilines is 1. The fourth-order valence-corrected chi connectivity index (χ4v) is 3.38. The van der Waals surface area contributed by atoms with Gasteiger partial charge in [-0.2, -0.15) is 4.98 Å². The molecule has 1 aliphatic heterocycles. The Balaban J connectivity index is 1.60. The quantitative estimate of drug-likeness (QED) is 0.863. The Morgan fingerprint density at radius 3 is 2.62 bits per heavy atom. The average Bonchev–Trinajstić information content (AvgIpc) is 3.15. The van der Waals surface area contributed by atoms with Crippen LogP contribution in [0.5, 0.6) is 0 Å². The van der Waals surface area contributed by atoms with E-state index >= 15 is 0 Å². The number of hydrogen-bond acceptors (Lipinski definition) is 7. The van der Waals surface area contributed by atoms with Crippen LogP contribution in [0.1, 0.15) is 37.3 Å². The Bertz CT molecular complexity index is 588. The van der Waals surface area contributed by atoms with Crippen LogP contribution >= 0.6 is 11.3 Å². The van der Waals surface area contributed by atoms with Crippen LogP contribution < -0.4 is 4.90 Å². The van der Waals surface area contributed by atoms with Crippen LogP contribution in [0, 0.1) is 6.92 Å². The summed E-state index contributed by atoms with van der Waals surface area (Å²) in [5.41, 5.74) is 1.10. The molecule has 0 aliphatic carbocycles. The van der Waals surface area contributed by atoms with Crippen LogP contribution in [0.25, 0.3) is 0 Å². The molecule has 0 aromatic carbocycles. The molecule has 1 saturated heterocycles. The van der Waals surface area contributed by atoms with Gasteiger partial charge in [0.05, 0.1) is 11.7 Å². The van der Waals surface area contributed by atoms with Crippen molar-refractivity contribution < 1.29 is 4.52 Å². The summed E-state index contributed by atoms with van der Waals surface area (Å²) in [5, 5.41) is 7.22. The molecule has 1 unspecified atom stereocenters. The predicted molar refractivity (Wildman–Crippen MR) is 82.7 cm³/mol. The zero-order chi connectivity index (χ0) is 14.8. The molecule has 0 amide bonds. The third-order valence-corrected chi connectivity index (χ3v) is 4.92. The third-order valence-electron chi connectivity index (χ3n) is 3.90. The van der Waals surface area contributed by atoms with Gasteiger partial charge in [0, 0.05) is 38.0 Å². The van der Waals surface area contributed by atoms with Crippen molar-refractivity contribution in [3.8, 4) is 0 Å². The van der Waals surface area contributed by atoms with Gasteiger partial charge >= 0.3 is 0 Å². The van der Waals surface area contributed by atoms with E-state index in [0.29, 0.717) is 0 Å². The smallest absolute Gasteiger partial charge is 0.243 e. The summed E-state index contributed by atoms with van der Waals surface area (Å²) in [4.78, 5) is 13.7. The van der Waals surface area contributed by atoms with E-state index in [4.69, 9.17) is 4.52 Å². The van der Waals surface area contributed by atoms with Gasteiger partial charge in [-0.05, 0) is 13.8 Å². The van der Waals surface area contributed by atoms with Crippen LogP contribution in [0.15, 0.2) is 9.90 Å². The first-order valence-corrected chi connectivity index (χ1v) is 8.29. The van der Waals surface area contributed by atoms with Gasteiger partial charge in [-0.3, -0.25) is 4.90 Å². The molecule has 3 heterocycles. The second-order valence-electron chi connectivity index (χ2n) is 5.37. The molecule has 0 N–H and O–H groups in total. The van der Waals surface area contributed by atoms with Crippen molar-refractivity contribution in [2.75, 3.05) is 31.1 Å². The van der Waals surface area contributed by atoms with E-state index in [9.17, 15) is 0 Å². The highest BCUT2D eigenvalue weighted by Gasteiger charge is 2.26. The minimum atomic E-state index is 0.179. The van der Waals surface area contributed by atoms with Gasteiger partial charge in [0.25, 0.3) is 0 Å². The van der Waals surface area contributed by atoms with Crippen LogP contribution in [0.3, 0.4) is 0 Å². The van der Waals surface area contributed by atoms with Crippen LogP contribution in [0.4, 0.5) is 5.13 Å². The molecule has 0 radical (unpaired) electrons. The average molecular weight is 307 g/mol. The molecular weight excluding hydrogens is 286 g/mol. The number of nitrogens with zero attached hydrogens (tertiary/aromatic N) is 5. The zero-order valence-corrected chi connectivity index (χ0v) is 13.6. The summed E-state index contributed by atoms with van der Waals surface area (Å²) in [7, 11) is 0. The van der Waals surface area contributed by atoms with Crippen LogP contribution in [-0.4, -0.2) is 46.2 Å². The summed E-state index contributed by atoms with van der Waals surface area (Å²) >= 11 is 1.72. The van der Waals surface area contributed by atoms with Gasteiger partial charge in [0.1, 0.15) is 0 Å². The lowest BCUT2D eigenvalue weighted by atomic mass is 10.2. The van der Waals surface area contributed by atoms with Gasteiger partial charge in [-0.25, -0.2) is 4.98 Å². The van der Waals surface area contributed by atoms with Crippen molar-refractivity contribution in [3.63, 3.8) is 0 Å². The molecule has 21 heavy (non-hydrogen) atoms. The van der Waals surface area contributed by atoms with E-state index < -0.39 is 0 Å². The molecule has 3 rings (SSSR count). The number of piperazine rings is 1. The Labute approximate surface area is 128 Å². The molecule has 7 heteroatoms. The van der Waals surface area contributed by atoms with E-state index in [1.54, 1.807) is 11.3 Å². The minimum Gasteiger partial charge on any atom is -0.346 e. The normalized spacial score (nSPS) is 18.1. The second-order valence-corrected chi connectivity index (χ2v) is 6.21. The van der Waals surface area contributed by atoms with Gasteiger partial charge in [-0.1, -0.05) is 12.1 Å². The third kappa shape index (κ3) is 3.08. The van der Waals surface area contributed by atoms with E-state index in [1.165, 1.54) is 0 Å². The number of rotatable bonds is 4. The highest BCUT2D eigenvalue weighted by atomic mass is 32.1. The van der Waals surface area contributed by atoms with Crippen molar-refractivity contribution in [2.45, 2.75) is 33.2 Å². The summed E-state index contributed by atoms with van der Waals surface area (Å²) in [6.07, 6.45) is 0.813. The van der Waals surface area contributed by atoms with E-state index in [2.05, 4.69) is 37.2 Å². The highest BCUT2D eigenvalue weighted by Crippen LogP contribution is 2.25. The maximum Gasteiger partial charge on any atom is 0.243 e. The minimum absolute atomic E-state index is 0.179. The molecule has 114 valence electrons. The van der Waals surface area contributed by atoms with Gasteiger partial charge in [0.2, 0.25) is 5.89 Å². The van der Waals surface area contributed by atoms with E-state index in [0.717, 1.165) is 55.1 Å². The Morgan fingerprint density at radius 2 is 2.05 bits per heavy atom. The molecule has 0 spiro atoms.